The van der Waals surface area contributed by atoms with Gasteiger partial charge in [0.1, 0.15) is 0 Å². The molecule has 0 aliphatic carbocycles. The summed E-state index contributed by atoms with van der Waals surface area (Å²) in [6, 6.07) is 10.7. The first-order chi connectivity index (χ1) is 11.5. The van der Waals surface area contributed by atoms with E-state index in [1.165, 1.54) is 12.6 Å². The summed E-state index contributed by atoms with van der Waals surface area (Å²) in [5.41, 5.74) is 8.02. The van der Waals surface area contributed by atoms with Gasteiger partial charge in [0, 0.05) is 48.3 Å². The van der Waals surface area contributed by atoms with Crippen LogP contribution in [0.1, 0.15) is 37.7 Å². The second kappa shape index (κ2) is 7.81. The molecule has 0 saturated heterocycles. The molecule has 2 rings (SSSR count). The van der Waals surface area contributed by atoms with Gasteiger partial charge < -0.3 is 9.47 Å². The van der Waals surface area contributed by atoms with Gasteiger partial charge in [0.15, 0.2) is 0 Å². The highest BCUT2D eigenvalue weighted by atomic mass is 16.2. The van der Waals surface area contributed by atoms with Gasteiger partial charge in [0.25, 0.3) is 0 Å². The van der Waals surface area contributed by atoms with E-state index in [2.05, 4.69) is 78.0 Å². The highest BCUT2D eigenvalue weighted by molar-refractivity contribution is 5.83. The van der Waals surface area contributed by atoms with Gasteiger partial charge in [-0.05, 0) is 58.0 Å². The van der Waals surface area contributed by atoms with E-state index in [1.807, 2.05) is 0 Å². The topological polar surface area (TPSA) is 49.6 Å². The van der Waals surface area contributed by atoms with Crippen molar-refractivity contribution in [3.63, 3.8) is 0 Å². The molecule has 0 aliphatic heterocycles. The van der Waals surface area contributed by atoms with Crippen LogP contribution in [0.25, 0.3) is 5.69 Å². The number of benzene rings is 1. The summed E-state index contributed by atoms with van der Waals surface area (Å²) in [5, 5.41) is 3.96. The number of carbonyl (C=O) groups is 1. The molecule has 0 bridgehead atoms. The number of hydrogen-bond donors (Lipinski definition) is 1. The van der Waals surface area contributed by atoms with Crippen LogP contribution >= 0.6 is 0 Å². The van der Waals surface area contributed by atoms with Gasteiger partial charge in [-0.25, -0.2) is 5.43 Å². The van der Waals surface area contributed by atoms with Gasteiger partial charge in [-0.3, -0.25) is 4.79 Å². The van der Waals surface area contributed by atoms with E-state index in [9.17, 15) is 4.79 Å². The van der Waals surface area contributed by atoms with Crippen molar-refractivity contribution < 1.29 is 4.79 Å². The zero-order valence-electron chi connectivity index (χ0n) is 15.1. The van der Waals surface area contributed by atoms with Gasteiger partial charge in [0.2, 0.25) is 5.91 Å². The van der Waals surface area contributed by atoms with E-state index in [4.69, 9.17) is 0 Å². The fraction of sp³-hybridized carbons (Fsp3) is 0.368. The quantitative estimate of drug-likeness (QED) is 0.653. The lowest BCUT2D eigenvalue weighted by Gasteiger charge is -2.21. The minimum absolute atomic E-state index is 0.174. The SMILES string of the molecule is CCN(CC)c1ccc(-n2c(C)cc(/C=N\NC(C)=O)c2C)cc1. The maximum atomic E-state index is 10.9. The van der Waals surface area contributed by atoms with E-state index >= 15 is 0 Å². The van der Waals surface area contributed by atoms with E-state index < -0.39 is 0 Å². The molecule has 0 atom stereocenters. The fourth-order valence-corrected chi connectivity index (χ4v) is 2.91. The summed E-state index contributed by atoms with van der Waals surface area (Å²) in [5.74, 6) is -0.174. The Balaban J connectivity index is 2.30. The fourth-order valence-electron chi connectivity index (χ4n) is 2.91. The van der Waals surface area contributed by atoms with Crippen LogP contribution in [0.4, 0.5) is 5.69 Å². The third kappa shape index (κ3) is 3.85. The average molecular weight is 326 g/mol. The predicted octanol–water partition coefficient (Wildman–Crippen LogP) is 3.41. The van der Waals surface area contributed by atoms with Crippen molar-refractivity contribution in [1.29, 1.82) is 0 Å². The normalized spacial score (nSPS) is 11.0. The molecule has 0 radical (unpaired) electrons. The van der Waals surface area contributed by atoms with Crippen molar-refractivity contribution in [2.45, 2.75) is 34.6 Å². The Labute approximate surface area is 144 Å². The van der Waals surface area contributed by atoms with Crippen LogP contribution < -0.4 is 10.3 Å². The van der Waals surface area contributed by atoms with Crippen molar-refractivity contribution in [3.8, 4) is 5.69 Å². The number of hydrogen-bond acceptors (Lipinski definition) is 3. The van der Waals surface area contributed by atoms with Crippen LogP contribution in [0.2, 0.25) is 0 Å². The Morgan fingerprint density at radius 2 is 1.83 bits per heavy atom. The van der Waals surface area contributed by atoms with Crippen LogP contribution in [-0.2, 0) is 4.79 Å². The molecule has 0 unspecified atom stereocenters. The Morgan fingerprint density at radius 1 is 1.21 bits per heavy atom. The molecule has 24 heavy (non-hydrogen) atoms. The molecule has 5 nitrogen and oxygen atoms in total. The molecule has 1 aromatic heterocycles. The molecule has 0 saturated carbocycles. The maximum Gasteiger partial charge on any atom is 0.236 e. The minimum atomic E-state index is -0.174. The van der Waals surface area contributed by atoms with Crippen LogP contribution in [0.5, 0.6) is 0 Å². The number of carbonyl (C=O) groups excluding carboxylic acids is 1. The first-order valence-electron chi connectivity index (χ1n) is 8.31. The number of nitrogens with zero attached hydrogens (tertiary/aromatic N) is 3. The molecule has 0 fully saturated rings. The molecule has 0 spiro atoms. The van der Waals surface area contributed by atoms with E-state index in [-0.39, 0.29) is 5.91 Å². The second-order valence-corrected chi connectivity index (χ2v) is 5.78. The van der Waals surface area contributed by atoms with Crippen molar-refractivity contribution in [2.24, 2.45) is 5.10 Å². The molecule has 5 heteroatoms. The van der Waals surface area contributed by atoms with Crippen LogP contribution in [0, 0.1) is 13.8 Å². The lowest BCUT2D eigenvalue weighted by atomic mass is 10.2. The van der Waals surface area contributed by atoms with E-state index in [0.29, 0.717) is 0 Å². The number of nitrogens with one attached hydrogen (secondary N) is 1. The maximum absolute atomic E-state index is 10.9. The second-order valence-electron chi connectivity index (χ2n) is 5.78. The van der Waals surface area contributed by atoms with Crippen molar-refractivity contribution in [2.75, 3.05) is 18.0 Å². The molecule has 1 aromatic carbocycles. The summed E-state index contributed by atoms with van der Waals surface area (Å²) in [6.45, 7) is 11.9. The third-order valence-corrected chi connectivity index (χ3v) is 4.13. The lowest BCUT2D eigenvalue weighted by molar-refractivity contribution is -0.118. The van der Waals surface area contributed by atoms with E-state index in [1.54, 1.807) is 6.21 Å². The third-order valence-electron chi connectivity index (χ3n) is 4.13. The molecular formula is C19H26N4O. The molecule has 1 amide bonds. The molecule has 2 aromatic rings. The highest BCUT2D eigenvalue weighted by Gasteiger charge is 2.10. The standard InChI is InChI=1S/C19H26N4O/c1-6-22(7-2)18-8-10-19(11-9-18)23-14(3)12-17(15(23)4)13-20-21-16(5)24/h8-13H,6-7H2,1-5H3,(H,21,24)/b20-13-. The zero-order valence-corrected chi connectivity index (χ0v) is 15.1. The van der Waals surface area contributed by atoms with Gasteiger partial charge in [-0.15, -0.1) is 0 Å². The smallest absolute Gasteiger partial charge is 0.236 e. The monoisotopic (exact) mass is 326 g/mol. The number of amides is 1. The van der Waals surface area contributed by atoms with E-state index in [0.717, 1.165) is 35.7 Å². The number of rotatable bonds is 6. The Bertz CT molecular complexity index is 725. The molecule has 0 aliphatic rings. The van der Waals surface area contributed by atoms with Gasteiger partial charge in [0.05, 0.1) is 6.21 Å². The number of hydrazone groups is 1. The summed E-state index contributed by atoms with van der Waals surface area (Å²) < 4.78 is 2.20. The van der Waals surface area contributed by atoms with Crippen LogP contribution in [-0.4, -0.2) is 29.8 Å². The highest BCUT2D eigenvalue weighted by Crippen LogP contribution is 2.22. The summed E-state index contributed by atoms with van der Waals surface area (Å²) in [4.78, 5) is 13.2. The van der Waals surface area contributed by atoms with Crippen LogP contribution in [0.15, 0.2) is 35.4 Å². The van der Waals surface area contributed by atoms with Crippen LogP contribution in [0.3, 0.4) is 0 Å². The molecule has 1 N–H and O–H groups in total. The number of anilines is 1. The first kappa shape index (κ1) is 17.8. The Kier molecular flexibility index (Phi) is 5.79. The van der Waals surface area contributed by atoms with Gasteiger partial charge >= 0.3 is 0 Å². The van der Waals surface area contributed by atoms with Crippen molar-refractivity contribution in [1.82, 2.24) is 9.99 Å². The molecular weight excluding hydrogens is 300 g/mol. The van der Waals surface area contributed by atoms with Gasteiger partial charge in [-0.2, -0.15) is 5.10 Å². The van der Waals surface area contributed by atoms with Gasteiger partial charge in [-0.1, -0.05) is 0 Å². The zero-order chi connectivity index (χ0) is 17.7. The number of aryl methyl sites for hydroxylation is 1. The summed E-state index contributed by atoms with van der Waals surface area (Å²) in [7, 11) is 0. The van der Waals surface area contributed by atoms with Crippen molar-refractivity contribution >= 4 is 17.8 Å². The summed E-state index contributed by atoms with van der Waals surface area (Å²) in [6.07, 6.45) is 1.69. The number of aromatic nitrogens is 1. The largest absolute Gasteiger partial charge is 0.372 e. The average Bonchev–Trinajstić information content (AvgIpc) is 2.83. The predicted molar refractivity (Wildman–Crippen MR) is 100 cm³/mol. The molecule has 128 valence electrons. The summed E-state index contributed by atoms with van der Waals surface area (Å²) >= 11 is 0. The molecule has 1 heterocycles. The lowest BCUT2D eigenvalue weighted by Crippen LogP contribution is -2.21. The van der Waals surface area contributed by atoms with Crippen molar-refractivity contribution in [3.05, 3.63) is 47.3 Å². The Hall–Kier alpha value is -2.56. The Morgan fingerprint density at radius 3 is 2.38 bits per heavy atom. The first-order valence-corrected chi connectivity index (χ1v) is 8.31. The minimum Gasteiger partial charge on any atom is -0.372 e.